The summed E-state index contributed by atoms with van der Waals surface area (Å²) in [7, 11) is 0. The predicted octanol–water partition coefficient (Wildman–Crippen LogP) is 6.24. The van der Waals surface area contributed by atoms with Gasteiger partial charge in [-0.3, -0.25) is 9.63 Å². The van der Waals surface area contributed by atoms with Crippen LogP contribution >= 0.6 is 0 Å². The summed E-state index contributed by atoms with van der Waals surface area (Å²) in [5, 5.41) is 2.14. The molecule has 4 heteroatoms. The summed E-state index contributed by atoms with van der Waals surface area (Å²) >= 11 is 0. The van der Waals surface area contributed by atoms with Gasteiger partial charge in [0.15, 0.2) is 0 Å². The third kappa shape index (κ3) is 6.69. The van der Waals surface area contributed by atoms with Gasteiger partial charge in [-0.25, -0.2) is 0 Å². The minimum absolute atomic E-state index is 0.109. The average molecular weight is 398 g/mol. The number of nitrogens with zero attached hydrogens (tertiary/aromatic N) is 1. The van der Waals surface area contributed by atoms with E-state index in [-0.39, 0.29) is 23.7 Å². The fourth-order valence-electron chi connectivity index (χ4n) is 3.38. The molecule has 0 saturated carbocycles. The van der Waals surface area contributed by atoms with Crippen molar-refractivity contribution in [1.82, 2.24) is 5.06 Å². The molecule has 0 radical (unpaired) electrons. The Morgan fingerprint density at radius 1 is 0.931 bits per heavy atom. The van der Waals surface area contributed by atoms with E-state index in [1.807, 2.05) is 30.3 Å². The molecular weight excluding hydrogens is 362 g/mol. The average Bonchev–Trinajstić information content (AvgIpc) is 2.66. The van der Waals surface area contributed by atoms with E-state index < -0.39 is 0 Å². The van der Waals surface area contributed by atoms with Gasteiger partial charge in [0.2, 0.25) is 0 Å². The summed E-state index contributed by atoms with van der Waals surface area (Å²) in [4.78, 5) is 17.6. The first kappa shape index (κ1) is 23.1. The number of rotatable bonds is 8. The van der Waals surface area contributed by atoms with E-state index in [0.717, 1.165) is 11.1 Å². The fourth-order valence-corrected chi connectivity index (χ4v) is 3.38. The topological polar surface area (TPSA) is 38.8 Å². The van der Waals surface area contributed by atoms with Gasteiger partial charge in [0.05, 0.1) is 6.04 Å². The molecule has 2 unspecified atom stereocenters. The zero-order valence-electron chi connectivity index (χ0n) is 18.8. The van der Waals surface area contributed by atoms with Crippen molar-refractivity contribution in [2.24, 2.45) is 5.92 Å². The van der Waals surface area contributed by atoms with Gasteiger partial charge in [0.1, 0.15) is 12.7 Å². The van der Waals surface area contributed by atoms with E-state index in [2.05, 4.69) is 70.9 Å². The lowest BCUT2D eigenvalue weighted by Gasteiger charge is -2.44. The first-order valence-electron chi connectivity index (χ1n) is 10.3. The van der Waals surface area contributed by atoms with Gasteiger partial charge >= 0.3 is 5.97 Å². The summed E-state index contributed by atoms with van der Waals surface area (Å²) in [6, 6.07) is 18.7. The highest BCUT2D eigenvalue weighted by Gasteiger charge is 2.34. The quantitative estimate of drug-likeness (QED) is 0.390. The molecule has 0 N–H and O–H groups in total. The van der Waals surface area contributed by atoms with Crippen molar-refractivity contribution in [3.63, 3.8) is 0 Å². The van der Waals surface area contributed by atoms with Crippen molar-refractivity contribution < 1.29 is 14.4 Å². The van der Waals surface area contributed by atoms with E-state index in [1.165, 1.54) is 12.5 Å². The van der Waals surface area contributed by atoms with Gasteiger partial charge in [0, 0.05) is 12.5 Å². The second-order valence-electron chi connectivity index (χ2n) is 8.87. The monoisotopic (exact) mass is 397 g/mol. The fraction of sp³-hybridized carbons (Fsp3) is 0.480. The summed E-state index contributed by atoms with van der Waals surface area (Å²) in [5.74, 6) is 0.113. The van der Waals surface area contributed by atoms with Gasteiger partial charge in [0.25, 0.3) is 0 Å². The van der Waals surface area contributed by atoms with Crippen LogP contribution in [0.15, 0.2) is 54.6 Å². The molecule has 0 aromatic heterocycles. The standard InChI is InChI=1S/C25H35NO3/c1-18(2)24(23-11-9-8-10-12-23)26(25(5,6)7)29-19(3)22-15-13-21(14-16-22)17-28-20(4)27/h8-16,18-19,24H,17H2,1-7H3. The molecular formula is C25H35NO3. The zero-order chi connectivity index (χ0) is 21.6. The van der Waals surface area contributed by atoms with E-state index in [9.17, 15) is 4.79 Å². The maximum atomic E-state index is 11.0. The molecule has 2 aromatic rings. The highest BCUT2D eigenvalue weighted by Crippen LogP contribution is 2.37. The summed E-state index contributed by atoms with van der Waals surface area (Å²) in [6.45, 7) is 14.8. The van der Waals surface area contributed by atoms with Crippen LogP contribution in [0.5, 0.6) is 0 Å². The number of carbonyl (C=O) groups is 1. The Morgan fingerprint density at radius 3 is 2.00 bits per heavy atom. The van der Waals surface area contributed by atoms with Gasteiger partial charge in [-0.15, -0.1) is 0 Å². The van der Waals surface area contributed by atoms with E-state index in [0.29, 0.717) is 12.5 Å². The van der Waals surface area contributed by atoms with Gasteiger partial charge < -0.3 is 4.74 Å². The Balaban J connectivity index is 2.22. The summed E-state index contributed by atoms with van der Waals surface area (Å²) in [6.07, 6.45) is -0.109. The van der Waals surface area contributed by atoms with Crippen LogP contribution in [-0.4, -0.2) is 16.6 Å². The highest BCUT2D eigenvalue weighted by molar-refractivity contribution is 5.65. The number of hydrogen-bond donors (Lipinski definition) is 0. The second-order valence-corrected chi connectivity index (χ2v) is 8.87. The van der Waals surface area contributed by atoms with Crippen LogP contribution in [0.3, 0.4) is 0 Å². The molecule has 158 valence electrons. The number of ether oxygens (including phenoxy) is 1. The molecule has 29 heavy (non-hydrogen) atoms. The maximum Gasteiger partial charge on any atom is 0.302 e. The van der Waals surface area contributed by atoms with E-state index in [4.69, 9.17) is 9.57 Å². The molecule has 0 spiro atoms. The van der Waals surface area contributed by atoms with Crippen LogP contribution in [-0.2, 0) is 21.0 Å². The minimum Gasteiger partial charge on any atom is -0.461 e. The molecule has 0 saturated heterocycles. The highest BCUT2D eigenvalue weighted by atomic mass is 16.7. The van der Waals surface area contributed by atoms with Gasteiger partial charge in [-0.05, 0) is 50.3 Å². The van der Waals surface area contributed by atoms with Gasteiger partial charge in [-0.2, -0.15) is 5.06 Å². The molecule has 4 nitrogen and oxygen atoms in total. The predicted molar refractivity (Wildman–Crippen MR) is 117 cm³/mol. The molecule has 2 atom stereocenters. The minimum atomic E-state index is -0.271. The van der Waals surface area contributed by atoms with Crippen LogP contribution in [0.2, 0.25) is 0 Å². The SMILES string of the molecule is CC(=O)OCc1ccc(C(C)ON(C(c2ccccc2)C(C)C)C(C)(C)C)cc1. The van der Waals surface area contributed by atoms with Crippen molar-refractivity contribution in [1.29, 1.82) is 0 Å². The van der Waals surface area contributed by atoms with Crippen LogP contribution in [0.4, 0.5) is 0 Å². The zero-order valence-corrected chi connectivity index (χ0v) is 18.8. The second kappa shape index (κ2) is 10.0. The van der Waals surface area contributed by atoms with E-state index >= 15 is 0 Å². The van der Waals surface area contributed by atoms with E-state index in [1.54, 1.807) is 0 Å². The summed E-state index contributed by atoms with van der Waals surface area (Å²) < 4.78 is 5.07. The first-order chi connectivity index (χ1) is 13.6. The summed E-state index contributed by atoms with van der Waals surface area (Å²) in [5.41, 5.74) is 3.13. The van der Waals surface area contributed by atoms with Crippen LogP contribution in [0, 0.1) is 5.92 Å². The van der Waals surface area contributed by atoms with Gasteiger partial charge in [-0.1, -0.05) is 68.4 Å². The van der Waals surface area contributed by atoms with Crippen LogP contribution in [0.1, 0.15) is 77.3 Å². The number of benzene rings is 2. The number of hydrogen-bond acceptors (Lipinski definition) is 4. The van der Waals surface area contributed by atoms with Crippen molar-refractivity contribution >= 4 is 5.97 Å². The van der Waals surface area contributed by atoms with Crippen molar-refractivity contribution in [2.45, 2.75) is 72.8 Å². The molecule has 0 aliphatic heterocycles. The molecule has 0 amide bonds. The molecule has 0 aliphatic carbocycles. The van der Waals surface area contributed by atoms with Crippen LogP contribution < -0.4 is 0 Å². The van der Waals surface area contributed by atoms with Crippen molar-refractivity contribution in [3.8, 4) is 0 Å². The third-order valence-corrected chi connectivity index (χ3v) is 4.85. The Labute approximate surface area is 175 Å². The lowest BCUT2D eigenvalue weighted by Crippen LogP contribution is -2.46. The largest absolute Gasteiger partial charge is 0.461 e. The molecule has 0 bridgehead atoms. The third-order valence-electron chi connectivity index (χ3n) is 4.85. The Kier molecular flexibility index (Phi) is 8.00. The number of hydroxylamine groups is 2. The lowest BCUT2D eigenvalue weighted by molar-refractivity contribution is -0.272. The molecule has 0 aliphatic rings. The molecule has 2 rings (SSSR count). The number of esters is 1. The molecule has 0 heterocycles. The van der Waals surface area contributed by atoms with Crippen LogP contribution in [0.25, 0.3) is 0 Å². The Morgan fingerprint density at radius 2 is 1.52 bits per heavy atom. The number of carbonyl (C=O) groups excluding carboxylic acids is 1. The van der Waals surface area contributed by atoms with Crippen molar-refractivity contribution in [3.05, 3.63) is 71.3 Å². The lowest BCUT2D eigenvalue weighted by atomic mass is 9.92. The first-order valence-corrected chi connectivity index (χ1v) is 10.3. The molecule has 2 aromatic carbocycles. The smallest absolute Gasteiger partial charge is 0.302 e. The maximum absolute atomic E-state index is 11.0. The normalized spacial score (nSPS) is 14.1. The molecule has 0 fully saturated rings. The Hall–Kier alpha value is -2.17. The van der Waals surface area contributed by atoms with Crippen molar-refractivity contribution in [2.75, 3.05) is 0 Å². The Bertz CT molecular complexity index is 763.